The van der Waals surface area contributed by atoms with Crippen molar-refractivity contribution in [3.05, 3.63) is 35.4 Å². The number of hydrogen-bond donors (Lipinski definition) is 2. The van der Waals surface area contributed by atoms with Crippen LogP contribution in [0.2, 0.25) is 0 Å². The standard InChI is InChI=1S/C10H9F2NO3/c11-6-1-5(2-7(12)3-6)8(10(15)16)4-9(13)14/h1-3,8H,4H2,(H2,13,14)(H,15,16). The second-order valence-corrected chi connectivity index (χ2v) is 3.26. The number of carboxylic acid groups (broad SMARTS) is 1. The maximum atomic E-state index is 12.8. The Morgan fingerprint density at radius 2 is 1.75 bits per heavy atom. The van der Waals surface area contributed by atoms with Gasteiger partial charge in [0.05, 0.1) is 5.92 Å². The summed E-state index contributed by atoms with van der Waals surface area (Å²) >= 11 is 0. The third-order valence-electron chi connectivity index (χ3n) is 1.99. The van der Waals surface area contributed by atoms with Crippen molar-refractivity contribution < 1.29 is 23.5 Å². The lowest BCUT2D eigenvalue weighted by molar-refractivity contribution is -0.140. The molecule has 0 spiro atoms. The smallest absolute Gasteiger partial charge is 0.311 e. The van der Waals surface area contributed by atoms with Crippen LogP contribution in [-0.2, 0) is 9.59 Å². The molecule has 86 valence electrons. The summed E-state index contributed by atoms with van der Waals surface area (Å²) in [5.41, 5.74) is 4.73. The fourth-order valence-corrected chi connectivity index (χ4v) is 1.33. The molecule has 0 aliphatic carbocycles. The highest BCUT2D eigenvalue weighted by Crippen LogP contribution is 2.21. The molecule has 1 unspecified atom stereocenters. The fourth-order valence-electron chi connectivity index (χ4n) is 1.33. The number of benzene rings is 1. The van der Waals surface area contributed by atoms with Crippen molar-refractivity contribution in [1.82, 2.24) is 0 Å². The summed E-state index contributed by atoms with van der Waals surface area (Å²) in [5.74, 6) is -5.33. The first-order valence-electron chi connectivity index (χ1n) is 4.37. The number of hydrogen-bond acceptors (Lipinski definition) is 2. The van der Waals surface area contributed by atoms with E-state index in [1.165, 1.54) is 0 Å². The van der Waals surface area contributed by atoms with Crippen LogP contribution in [0.3, 0.4) is 0 Å². The molecule has 3 N–H and O–H groups in total. The molecule has 1 aromatic rings. The van der Waals surface area contributed by atoms with Crippen LogP contribution < -0.4 is 5.73 Å². The van der Waals surface area contributed by atoms with Crippen molar-refractivity contribution in [3.63, 3.8) is 0 Å². The van der Waals surface area contributed by atoms with E-state index in [-0.39, 0.29) is 5.56 Å². The quantitative estimate of drug-likeness (QED) is 0.808. The summed E-state index contributed by atoms with van der Waals surface area (Å²) in [7, 11) is 0. The summed E-state index contributed by atoms with van der Waals surface area (Å²) in [6, 6.07) is 2.35. The molecule has 0 heterocycles. The number of halogens is 2. The lowest BCUT2D eigenvalue weighted by Gasteiger charge is -2.10. The minimum Gasteiger partial charge on any atom is -0.481 e. The van der Waals surface area contributed by atoms with Crippen molar-refractivity contribution in [3.8, 4) is 0 Å². The molecular weight excluding hydrogens is 220 g/mol. The average Bonchev–Trinajstić information content (AvgIpc) is 2.11. The molecule has 0 fully saturated rings. The lowest BCUT2D eigenvalue weighted by Crippen LogP contribution is -2.21. The molecule has 0 aromatic heterocycles. The Hall–Kier alpha value is -1.98. The van der Waals surface area contributed by atoms with E-state index in [4.69, 9.17) is 10.8 Å². The van der Waals surface area contributed by atoms with Crippen LogP contribution in [0.1, 0.15) is 17.9 Å². The molecule has 4 nitrogen and oxygen atoms in total. The van der Waals surface area contributed by atoms with Crippen molar-refractivity contribution in [2.75, 3.05) is 0 Å². The predicted octanol–water partition coefficient (Wildman–Crippen LogP) is 1.01. The number of nitrogens with two attached hydrogens (primary N) is 1. The third kappa shape index (κ3) is 3.01. The van der Waals surface area contributed by atoms with E-state index in [9.17, 15) is 18.4 Å². The van der Waals surface area contributed by atoms with Gasteiger partial charge in [-0.25, -0.2) is 8.78 Å². The average molecular weight is 229 g/mol. The highest BCUT2D eigenvalue weighted by molar-refractivity contribution is 5.84. The van der Waals surface area contributed by atoms with E-state index >= 15 is 0 Å². The van der Waals surface area contributed by atoms with Crippen LogP contribution in [-0.4, -0.2) is 17.0 Å². The number of rotatable bonds is 4. The summed E-state index contributed by atoms with van der Waals surface area (Å²) in [5, 5.41) is 8.80. The van der Waals surface area contributed by atoms with Crippen molar-refractivity contribution >= 4 is 11.9 Å². The molecule has 0 radical (unpaired) electrons. The van der Waals surface area contributed by atoms with E-state index in [2.05, 4.69) is 0 Å². The topological polar surface area (TPSA) is 80.4 Å². The third-order valence-corrected chi connectivity index (χ3v) is 1.99. The summed E-state index contributed by atoms with van der Waals surface area (Å²) in [4.78, 5) is 21.4. The van der Waals surface area contributed by atoms with Gasteiger partial charge in [-0.3, -0.25) is 9.59 Å². The molecule has 1 atom stereocenters. The zero-order valence-electron chi connectivity index (χ0n) is 8.11. The summed E-state index contributed by atoms with van der Waals surface area (Å²) in [6.45, 7) is 0. The molecule has 1 rings (SSSR count). The summed E-state index contributed by atoms with van der Waals surface area (Å²) in [6.07, 6.45) is -0.502. The maximum Gasteiger partial charge on any atom is 0.311 e. The van der Waals surface area contributed by atoms with Gasteiger partial charge in [-0.05, 0) is 17.7 Å². The summed E-state index contributed by atoms with van der Waals surface area (Å²) < 4.78 is 25.7. The van der Waals surface area contributed by atoms with Crippen LogP contribution in [0, 0.1) is 11.6 Å². The van der Waals surface area contributed by atoms with Crippen molar-refractivity contribution in [2.45, 2.75) is 12.3 Å². The van der Waals surface area contributed by atoms with Gasteiger partial charge in [0.15, 0.2) is 0 Å². The van der Waals surface area contributed by atoms with Crippen molar-refractivity contribution in [1.29, 1.82) is 0 Å². The fraction of sp³-hybridized carbons (Fsp3) is 0.200. The molecule has 0 saturated heterocycles. The van der Waals surface area contributed by atoms with Gasteiger partial charge in [-0.1, -0.05) is 0 Å². The highest BCUT2D eigenvalue weighted by atomic mass is 19.1. The Morgan fingerprint density at radius 3 is 2.12 bits per heavy atom. The predicted molar refractivity (Wildman–Crippen MR) is 50.5 cm³/mol. The lowest BCUT2D eigenvalue weighted by atomic mass is 9.95. The maximum absolute atomic E-state index is 12.8. The number of aliphatic carboxylic acids is 1. The minimum absolute atomic E-state index is 0.121. The molecule has 0 aliphatic heterocycles. The van der Waals surface area contributed by atoms with Gasteiger partial charge in [0.2, 0.25) is 5.91 Å². The first kappa shape index (κ1) is 12.1. The van der Waals surface area contributed by atoms with E-state index in [0.717, 1.165) is 12.1 Å². The Bertz CT molecular complexity index is 414. The van der Waals surface area contributed by atoms with E-state index in [1.54, 1.807) is 0 Å². The number of primary amides is 1. The molecule has 0 aliphatic rings. The zero-order chi connectivity index (χ0) is 12.3. The molecule has 6 heteroatoms. The van der Waals surface area contributed by atoms with Gasteiger partial charge in [0, 0.05) is 12.5 Å². The molecule has 1 amide bonds. The van der Waals surface area contributed by atoms with E-state index in [1.807, 2.05) is 0 Å². The number of carbonyl (C=O) groups is 2. The monoisotopic (exact) mass is 229 g/mol. The first-order chi connectivity index (χ1) is 7.40. The van der Waals surface area contributed by atoms with Gasteiger partial charge >= 0.3 is 5.97 Å². The van der Waals surface area contributed by atoms with Gasteiger partial charge in [0.25, 0.3) is 0 Å². The Balaban J connectivity index is 3.10. The van der Waals surface area contributed by atoms with Crippen LogP contribution in [0.5, 0.6) is 0 Å². The molecule has 0 saturated carbocycles. The first-order valence-corrected chi connectivity index (χ1v) is 4.37. The molecule has 0 bridgehead atoms. The van der Waals surface area contributed by atoms with Gasteiger partial charge in [-0.2, -0.15) is 0 Å². The normalized spacial score (nSPS) is 12.1. The Morgan fingerprint density at radius 1 is 1.25 bits per heavy atom. The molecular formula is C10H9F2NO3. The molecule has 1 aromatic carbocycles. The second-order valence-electron chi connectivity index (χ2n) is 3.26. The SMILES string of the molecule is NC(=O)CC(C(=O)O)c1cc(F)cc(F)c1. The highest BCUT2D eigenvalue weighted by Gasteiger charge is 2.23. The Kier molecular flexibility index (Phi) is 3.55. The largest absolute Gasteiger partial charge is 0.481 e. The van der Waals surface area contributed by atoms with Gasteiger partial charge in [0.1, 0.15) is 11.6 Å². The van der Waals surface area contributed by atoms with E-state index < -0.39 is 35.8 Å². The Labute approximate surface area is 89.7 Å². The zero-order valence-corrected chi connectivity index (χ0v) is 8.11. The van der Waals surface area contributed by atoms with Crippen LogP contribution in [0.25, 0.3) is 0 Å². The number of carboxylic acids is 1. The minimum atomic E-state index is -1.36. The van der Waals surface area contributed by atoms with Crippen LogP contribution in [0.15, 0.2) is 18.2 Å². The number of amides is 1. The van der Waals surface area contributed by atoms with Crippen LogP contribution >= 0.6 is 0 Å². The van der Waals surface area contributed by atoms with Gasteiger partial charge in [-0.15, -0.1) is 0 Å². The number of carbonyl (C=O) groups excluding carboxylic acids is 1. The van der Waals surface area contributed by atoms with Crippen LogP contribution in [0.4, 0.5) is 8.78 Å². The van der Waals surface area contributed by atoms with E-state index in [0.29, 0.717) is 6.07 Å². The van der Waals surface area contributed by atoms with Gasteiger partial charge < -0.3 is 10.8 Å². The van der Waals surface area contributed by atoms with Crippen molar-refractivity contribution in [2.24, 2.45) is 5.73 Å². The molecule has 16 heavy (non-hydrogen) atoms. The second kappa shape index (κ2) is 4.69.